The van der Waals surface area contributed by atoms with Crippen LogP contribution >= 0.6 is 0 Å². The lowest BCUT2D eigenvalue weighted by atomic mass is 10.1. The molecule has 3 aromatic rings. The molecule has 3 rings (SSSR count). The molecule has 0 aliphatic heterocycles. The Balaban J connectivity index is 1.62. The average molecular weight is 335 g/mol. The van der Waals surface area contributed by atoms with Crippen molar-refractivity contribution in [3.05, 3.63) is 77.7 Å². The number of benzene rings is 1. The summed E-state index contributed by atoms with van der Waals surface area (Å²) >= 11 is 0. The zero-order valence-corrected chi connectivity index (χ0v) is 14.3. The average Bonchev–Trinajstić information content (AvgIpc) is 3.03. The second-order valence-electron chi connectivity index (χ2n) is 5.82. The fourth-order valence-corrected chi connectivity index (χ4v) is 2.66. The smallest absolute Gasteiger partial charge is 0.315 e. The first kappa shape index (κ1) is 16.7. The second kappa shape index (κ2) is 7.61. The Morgan fingerprint density at radius 1 is 1.16 bits per heavy atom. The number of amides is 2. The van der Waals surface area contributed by atoms with Crippen LogP contribution in [0.5, 0.6) is 0 Å². The molecule has 2 heterocycles. The van der Waals surface area contributed by atoms with Gasteiger partial charge in [-0.1, -0.05) is 36.4 Å². The van der Waals surface area contributed by atoms with Gasteiger partial charge in [0.25, 0.3) is 0 Å². The Morgan fingerprint density at radius 2 is 1.92 bits per heavy atom. The highest BCUT2D eigenvalue weighted by Crippen LogP contribution is 2.19. The molecule has 0 aliphatic carbocycles. The minimum Gasteiger partial charge on any atom is -0.334 e. The highest BCUT2D eigenvalue weighted by Gasteiger charge is 2.16. The van der Waals surface area contributed by atoms with Crippen LogP contribution in [0, 0.1) is 6.92 Å². The van der Waals surface area contributed by atoms with Crippen molar-refractivity contribution in [2.75, 3.05) is 0 Å². The van der Waals surface area contributed by atoms with Gasteiger partial charge in [-0.3, -0.25) is 0 Å². The monoisotopic (exact) mass is 335 g/mol. The summed E-state index contributed by atoms with van der Waals surface area (Å²) in [5.41, 5.74) is 2.97. The van der Waals surface area contributed by atoms with E-state index in [0.29, 0.717) is 6.54 Å². The van der Waals surface area contributed by atoms with Crippen LogP contribution in [0.1, 0.15) is 29.8 Å². The molecule has 0 bridgehead atoms. The van der Waals surface area contributed by atoms with Gasteiger partial charge in [-0.15, -0.1) is 0 Å². The first-order valence-corrected chi connectivity index (χ1v) is 8.19. The lowest BCUT2D eigenvalue weighted by Gasteiger charge is -2.15. The van der Waals surface area contributed by atoms with Gasteiger partial charge >= 0.3 is 6.03 Å². The van der Waals surface area contributed by atoms with Crippen molar-refractivity contribution >= 4 is 6.03 Å². The minimum atomic E-state index is -0.207. The molecule has 25 heavy (non-hydrogen) atoms. The van der Waals surface area contributed by atoms with Crippen molar-refractivity contribution in [1.82, 2.24) is 25.4 Å². The summed E-state index contributed by atoms with van der Waals surface area (Å²) in [6.07, 6.45) is 3.50. The SMILES string of the molecule is Cc1c([C@H](C)NC(=O)NCc2ccccc2)cnn1-c1ccccn1. The van der Waals surface area contributed by atoms with Crippen molar-refractivity contribution in [3.8, 4) is 5.82 Å². The summed E-state index contributed by atoms with van der Waals surface area (Å²) < 4.78 is 1.77. The van der Waals surface area contributed by atoms with Gasteiger partial charge in [0.1, 0.15) is 0 Å². The fourth-order valence-electron chi connectivity index (χ4n) is 2.66. The molecule has 1 aromatic carbocycles. The number of hydrogen-bond donors (Lipinski definition) is 2. The van der Waals surface area contributed by atoms with Crippen LogP contribution < -0.4 is 10.6 Å². The summed E-state index contributed by atoms with van der Waals surface area (Å²) in [5, 5.41) is 10.2. The van der Waals surface area contributed by atoms with Crippen molar-refractivity contribution in [2.24, 2.45) is 0 Å². The van der Waals surface area contributed by atoms with Gasteiger partial charge in [0.15, 0.2) is 5.82 Å². The molecule has 6 heteroatoms. The van der Waals surface area contributed by atoms with E-state index >= 15 is 0 Å². The zero-order chi connectivity index (χ0) is 17.6. The van der Waals surface area contributed by atoms with Crippen LogP contribution in [-0.2, 0) is 6.54 Å². The van der Waals surface area contributed by atoms with E-state index in [1.807, 2.05) is 62.4 Å². The van der Waals surface area contributed by atoms with E-state index in [2.05, 4.69) is 20.7 Å². The second-order valence-corrected chi connectivity index (χ2v) is 5.82. The third kappa shape index (κ3) is 4.03. The van der Waals surface area contributed by atoms with Gasteiger partial charge in [-0.2, -0.15) is 5.10 Å². The molecule has 6 nitrogen and oxygen atoms in total. The zero-order valence-electron chi connectivity index (χ0n) is 14.3. The molecule has 0 unspecified atom stereocenters. The number of pyridine rings is 1. The molecule has 0 saturated carbocycles. The van der Waals surface area contributed by atoms with Crippen LogP contribution in [0.3, 0.4) is 0 Å². The molecular formula is C19H21N5O. The minimum absolute atomic E-state index is 0.159. The van der Waals surface area contributed by atoms with Crippen molar-refractivity contribution in [1.29, 1.82) is 0 Å². The maximum absolute atomic E-state index is 12.1. The van der Waals surface area contributed by atoms with Gasteiger partial charge in [-0.05, 0) is 31.5 Å². The molecule has 2 amide bonds. The number of carbonyl (C=O) groups excluding carboxylic acids is 1. The Kier molecular flexibility index (Phi) is 5.09. The van der Waals surface area contributed by atoms with Gasteiger partial charge < -0.3 is 10.6 Å². The molecule has 0 spiro atoms. The van der Waals surface area contributed by atoms with E-state index in [0.717, 1.165) is 22.6 Å². The summed E-state index contributed by atoms with van der Waals surface area (Å²) in [7, 11) is 0. The number of rotatable bonds is 5. The normalized spacial score (nSPS) is 11.8. The molecule has 2 aromatic heterocycles. The number of urea groups is 1. The van der Waals surface area contributed by atoms with Crippen LogP contribution in [0.25, 0.3) is 5.82 Å². The molecule has 1 atom stereocenters. The highest BCUT2D eigenvalue weighted by molar-refractivity contribution is 5.74. The number of nitrogens with zero attached hydrogens (tertiary/aromatic N) is 3. The molecule has 0 aliphatic rings. The van der Waals surface area contributed by atoms with Gasteiger partial charge in [0, 0.05) is 24.0 Å². The van der Waals surface area contributed by atoms with Gasteiger partial charge in [-0.25, -0.2) is 14.5 Å². The number of aromatic nitrogens is 3. The van der Waals surface area contributed by atoms with E-state index in [-0.39, 0.29) is 12.1 Å². The highest BCUT2D eigenvalue weighted by atomic mass is 16.2. The lowest BCUT2D eigenvalue weighted by molar-refractivity contribution is 0.237. The van der Waals surface area contributed by atoms with Crippen molar-refractivity contribution < 1.29 is 4.79 Å². The van der Waals surface area contributed by atoms with Gasteiger partial charge in [0.05, 0.1) is 12.2 Å². The molecule has 0 radical (unpaired) electrons. The first-order chi connectivity index (χ1) is 12.1. The number of nitrogens with one attached hydrogen (secondary N) is 2. The van der Waals surface area contributed by atoms with Gasteiger partial charge in [0.2, 0.25) is 0 Å². The number of hydrogen-bond acceptors (Lipinski definition) is 3. The van der Waals surface area contributed by atoms with Crippen LogP contribution in [-0.4, -0.2) is 20.8 Å². The third-order valence-electron chi connectivity index (χ3n) is 4.02. The Bertz CT molecular complexity index is 830. The van der Waals surface area contributed by atoms with E-state index in [1.165, 1.54) is 0 Å². The van der Waals surface area contributed by atoms with Crippen LogP contribution in [0.15, 0.2) is 60.9 Å². The van der Waals surface area contributed by atoms with E-state index in [9.17, 15) is 4.79 Å². The Morgan fingerprint density at radius 3 is 2.64 bits per heavy atom. The predicted molar refractivity (Wildman–Crippen MR) is 96.3 cm³/mol. The molecule has 2 N–H and O–H groups in total. The maximum atomic E-state index is 12.1. The lowest BCUT2D eigenvalue weighted by Crippen LogP contribution is -2.36. The Hall–Kier alpha value is -3.15. The summed E-state index contributed by atoms with van der Waals surface area (Å²) in [6, 6.07) is 15.1. The van der Waals surface area contributed by atoms with E-state index in [1.54, 1.807) is 17.1 Å². The molecule has 0 saturated heterocycles. The summed E-state index contributed by atoms with van der Waals surface area (Å²) in [5.74, 6) is 0.756. The third-order valence-corrected chi connectivity index (χ3v) is 4.02. The Labute approximate surface area is 146 Å². The van der Waals surface area contributed by atoms with Crippen molar-refractivity contribution in [3.63, 3.8) is 0 Å². The first-order valence-electron chi connectivity index (χ1n) is 8.19. The summed E-state index contributed by atoms with van der Waals surface area (Å²) in [4.78, 5) is 16.4. The van der Waals surface area contributed by atoms with Crippen molar-refractivity contribution in [2.45, 2.75) is 26.4 Å². The maximum Gasteiger partial charge on any atom is 0.315 e. The largest absolute Gasteiger partial charge is 0.334 e. The van der Waals surface area contributed by atoms with Crippen LogP contribution in [0.2, 0.25) is 0 Å². The number of carbonyl (C=O) groups is 1. The molecule has 128 valence electrons. The fraction of sp³-hybridized carbons (Fsp3) is 0.211. The predicted octanol–water partition coefficient (Wildman–Crippen LogP) is 3.14. The molecular weight excluding hydrogens is 314 g/mol. The van der Waals surface area contributed by atoms with Crippen LogP contribution in [0.4, 0.5) is 4.79 Å². The quantitative estimate of drug-likeness (QED) is 0.752. The topological polar surface area (TPSA) is 71.8 Å². The standard InChI is InChI=1S/C19H21N5O/c1-14(23-19(25)21-12-16-8-4-3-5-9-16)17-13-22-24(15(17)2)18-10-6-7-11-20-18/h3-11,13-14H,12H2,1-2H3,(H2,21,23,25)/t14-/m0/s1. The molecule has 0 fully saturated rings. The van der Waals surface area contributed by atoms with E-state index in [4.69, 9.17) is 0 Å². The van der Waals surface area contributed by atoms with E-state index < -0.39 is 0 Å². The summed E-state index contributed by atoms with van der Waals surface area (Å²) in [6.45, 7) is 4.40.